The van der Waals surface area contributed by atoms with E-state index in [1.807, 2.05) is 72.8 Å². The number of phenolic OH excluding ortho intramolecular Hbond substituents is 2. The maximum atomic E-state index is 8.63. The van der Waals surface area contributed by atoms with Gasteiger partial charge in [-0.05, 0) is 48.5 Å². The molecule has 0 aliphatic heterocycles. The van der Waals surface area contributed by atoms with Gasteiger partial charge < -0.3 is 14.9 Å². The van der Waals surface area contributed by atoms with Crippen molar-refractivity contribution in [1.29, 1.82) is 0 Å². The van der Waals surface area contributed by atoms with E-state index in [9.17, 15) is 0 Å². The number of para-hydroxylation sites is 4. The average Bonchev–Trinajstić information content (AvgIpc) is 2.83. The van der Waals surface area contributed by atoms with Crippen molar-refractivity contribution in [3.05, 3.63) is 121 Å². The zero-order chi connectivity index (χ0) is 24.6. The number of phenols is 2. The molecule has 184 valence electrons. The van der Waals surface area contributed by atoms with E-state index in [4.69, 9.17) is 14.9 Å². The van der Waals surface area contributed by atoms with E-state index in [2.05, 4.69) is 27.7 Å². The first kappa shape index (κ1) is 32.5. The summed E-state index contributed by atoms with van der Waals surface area (Å²) in [6, 6.07) is 36.9. The van der Waals surface area contributed by atoms with Crippen molar-refractivity contribution in [2.24, 2.45) is 0 Å². The van der Waals surface area contributed by atoms with E-state index in [0.29, 0.717) is 11.5 Å². The molecule has 34 heavy (non-hydrogen) atoms. The van der Waals surface area contributed by atoms with Gasteiger partial charge in [-0.3, -0.25) is 0 Å². The van der Waals surface area contributed by atoms with E-state index in [1.54, 1.807) is 48.5 Å². The van der Waals surface area contributed by atoms with Crippen LogP contribution in [0.2, 0.25) is 0 Å². The molecule has 3 heteroatoms. The summed E-state index contributed by atoms with van der Waals surface area (Å²) in [6.07, 6.45) is 2.50. The maximum absolute atomic E-state index is 8.63. The molecule has 0 spiro atoms. The highest BCUT2D eigenvalue weighted by Crippen LogP contribution is 2.19. The lowest BCUT2D eigenvalue weighted by Crippen LogP contribution is -1.81. The fraction of sp³-hybridized carbons (Fsp3) is 0.226. The molecule has 0 aliphatic rings. The number of benzene rings is 4. The normalized spacial score (nSPS) is 8.24. The number of rotatable bonds is 2. The van der Waals surface area contributed by atoms with Crippen LogP contribution in [-0.4, -0.2) is 10.2 Å². The van der Waals surface area contributed by atoms with Crippen LogP contribution in [0.4, 0.5) is 0 Å². The Hall–Kier alpha value is -3.72. The minimum Gasteiger partial charge on any atom is -0.508 e. The van der Waals surface area contributed by atoms with E-state index in [0.717, 1.165) is 11.5 Å². The van der Waals surface area contributed by atoms with Gasteiger partial charge in [0.2, 0.25) is 0 Å². The Balaban J connectivity index is 0. The van der Waals surface area contributed by atoms with Crippen LogP contribution in [0.1, 0.15) is 48.0 Å². The highest BCUT2D eigenvalue weighted by molar-refractivity contribution is 5.30. The van der Waals surface area contributed by atoms with Crippen LogP contribution in [0.3, 0.4) is 0 Å². The molecule has 4 aromatic carbocycles. The zero-order valence-electron chi connectivity index (χ0n) is 20.3. The second-order valence-corrected chi connectivity index (χ2v) is 6.81. The second-order valence-electron chi connectivity index (χ2n) is 6.81. The molecule has 3 nitrogen and oxygen atoms in total. The molecule has 4 aromatic rings. The monoisotopic (exact) mass is 462 g/mol. The van der Waals surface area contributed by atoms with E-state index < -0.39 is 0 Å². The van der Waals surface area contributed by atoms with Crippen molar-refractivity contribution >= 4 is 0 Å². The number of hydrogen-bond donors (Lipinski definition) is 2. The van der Waals surface area contributed by atoms with Gasteiger partial charge in [0, 0.05) is 0 Å². The van der Waals surface area contributed by atoms with Gasteiger partial charge in [0.1, 0.15) is 23.0 Å². The molecule has 0 saturated heterocycles. The molecule has 0 aromatic heterocycles. The lowest BCUT2D eigenvalue weighted by atomic mass is 10.3. The van der Waals surface area contributed by atoms with Gasteiger partial charge >= 0.3 is 0 Å². The maximum Gasteiger partial charge on any atom is 0.127 e. The Labute approximate surface area is 207 Å². The molecule has 0 atom stereocenters. The van der Waals surface area contributed by atoms with Crippen molar-refractivity contribution < 1.29 is 14.9 Å². The van der Waals surface area contributed by atoms with Gasteiger partial charge in [-0.1, -0.05) is 121 Å². The first-order chi connectivity index (χ1) is 16.1. The molecule has 0 unspecified atom stereocenters. The highest BCUT2D eigenvalue weighted by atomic mass is 16.5. The minimum absolute atomic E-state index is 0. The molecule has 0 bridgehead atoms. The van der Waals surface area contributed by atoms with Gasteiger partial charge in [-0.25, -0.2) is 0 Å². The predicted octanol–water partition coefficient (Wildman–Crippen LogP) is 9.73. The lowest BCUT2D eigenvalue weighted by Gasteiger charge is -2.03. The van der Waals surface area contributed by atoms with Crippen LogP contribution in [0, 0.1) is 0 Å². The lowest BCUT2D eigenvalue weighted by molar-refractivity contribution is 0.475. The largest absolute Gasteiger partial charge is 0.508 e. The molecule has 4 rings (SSSR count). The zero-order valence-corrected chi connectivity index (χ0v) is 20.3. The summed E-state index contributed by atoms with van der Waals surface area (Å²) in [6.45, 7) is 8.50. The Bertz CT molecular complexity index is 804. The number of aromatic hydroxyl groups is 2. The predicted molar refractivity (Wildman–Crippen MR) is 148 cm³/mol. The molecule has 2 N–H and O–H groups in total. The van der Waals surface area contributed by atoms with Crippen molar-refractivity contribution in [1.82, 2.24) is 0 Å². The Morgan fingerprint density at radius 2 is 0.647 bits per heavy atom. The van der Waals surface area contributed by atoms with Gasteiger partial charge in [0.15, 0.2) is 0 Å². The van der Waals surface area contributed by atoms with Crippen LogP contribution in [-0.2, 0) is 0 Å². The molecule has 0 radical (unpaired) electrons. The average molecular weight is 463 g/mol. The fourth-order valence-corrected chi connectivity index (χ4v) is 1.97. The summed E-state index contributed by atoms with van der Waals surface area (Å²) in [5.74, 6) is 2.38. The standard InChI is InChI=1S/C12H10O.2C6H6O.2C3H8.CH4/c1-3-7-11(8-4-1)13-12-9-5-2-6-10-12;2*7-6-4-2-1-3-5-6;2*1-3-2;/h1-10H;2*1-5,7H;2*3H2,1-2H3;1H4. The van der Waals surface area contributed by atoms with Crippen LogP contribution >= 0.6 is 0 Å². The molecular formula is C31H42O3. The van der Waals surface area contributed by atoms with Crippen LogP contribution < -0.4 is 4.74 Å². The van der Waals surface area contributed by atoms with Gasteiger partial charge in [0.25, 0.3) is 0 Å². The Morgan fingerprint density at radius 3 is 0.824 bits per heavy atom. The third-order valence-corrected chi connectivity index (χ3v) is 3.23. The van der Waals surface area contributed by atoms with Crippen LogP contribution in [0.5, 0.6) is 23.0 Å². The fourth-order valence-electron chi connectivity index (χ4n) is 1.97. The molecule has 0 fully saturated rings. The van der Waals surface area contributed by atoms with E-state index in [1.165, 1.54) is 12.8 Å². The highest BCUT2D eigenvalue weighted by Gasteiger charge is 1.92. The summed E-state index contributed by atoms with van der Waals surface area (Å²) in [4.78, 5) is 0. The number of hydrogen-bond acceptors (Lipinski definition) is 3. The van der Waals surface area contributed by atoms with Crippen molar-refractivity contribution in [2.75, 3.05) is 0 Å². The summed E-state index contributed by atoms with van der Waals surface area (Å²) >= 11 is 0. The summed E-state index contributed by atoms with van der Waals surface area (Å²) in [7, 11) is 0. The van der Waals surface area contributed by atoms with E-state index >= 15 is 0 Å². The molecule has 0 saturated carbocycles. The van der Waals surface area contributed by atoms with Gasteiger partial charge in [-0.15, -0.1) is 0 Å². The molecule has 0 heterocycles. The minimum atomic E-state index is 0. The first-order valence-corrected chi connectivity index (χ1v) is 11.3. The third kappa shape index (κ3) is 20.2. The van der Waals surface area contributed by atoms with Crippen molar-refractivity contribution in [3.8, 4) is 23.0 Å². The Kier molecular flexibility index (Phi) is 22.8. The summed E-state index contributed by atoms with van der Waals surface area (Å²) < 4.78 is 5.58. The molecule has 0 amide bonds. The smallest absolute Gasteiger partial charge is 0.127 e. The SMILES string of the molecule is C.CCC.CCC.Oc1ccccc1.Oc1ccccc1.c1ccc(Oc2ccccc2)cc1. The first-order valence-electron chi connectivity index (χ1n) is 11.3. The van der Waals surface area contributed by atoms with Crippen LogP contribution in [0.25, 0.3) is 0 Å². The summed E-state index contributed by atoms with van der Waals surface area (Å²) in [5, 5.41) is 17.3. The quantitative estimate of drug-likeness (QED) is 0.312. The summed E-state index contributed by atoms with van der Waals surface area (Å²) in [5.41, 5.74) is 0. The van der Waals surface area contributed by atoms with Gasteiger partial charge in [-0.2, -0.15) is 0 Å². The van der Waals surface area contributed by atoms with Crippen LogP contribution in [0.15, 0.2) is 121 Å². The second kappa shape index (κ2) is 23.9. The van der Waals surface area contributed by atoms with Crippen molar-refractivity contribution in [3.63, 3.8) is 0 Å². The van der Waals surface area contributed by atoms with Crippen molar-refractivity contribution in [2.45, 2.75) is 48.0 Å². The molecule has 0 aliphatic carbocycles. The Morgan fingerprint density at radius 1 is 0.441 bits per heavy atom. The third-order valence-electron chi connectivity index (χ3n) is 3.23. The molecular weight excluding hydrogens is 420 g/mol. The van der Waals surface area contributed by atoms with Gasteiger partial charge in [0.05, 0.1) is 0 Å². The topological polar surface area (TPSA) is 49.7 Å². The van der Waals surface area contributed by atoms with E-state index in [-0.39, 0.29) is 7.43 Å². The number of ether oxygens (including phenoxy) is 1.